The number of rotatable bonds is 5. The number of nitrogens with zero attached hydrogens (tertiary/aromatic N) is 1. The standard InChI is InChI=1S/C12H13F3N2OS/c1-2-5-16-10(8-4-3-6-18-8)9-7-17-11(19-9)12(13,14)15/h3-4,6-7,10,16H,2,5H2,1H3. The van der Waals surface area contributed by atoms with Crippen LogP contribution in [0.5, 0.6) is 0 Å². The summed E-state index contributed by atoms with van der Waals surface area (Å²) in [4.78, 5) is 3.93. The Hall–Kier alpha value is -1.34. The second kappa shape index (κ2) is 5.75. The Balaban J connectivity index is 2.26. The molecule has 1 atom stereocenters. The zero-order chi connectivity index (χ0) is 13.9. The summed E-state index contributed by atoms with van der Waals surface area (Å²) >= 11 is 0.638. The Morgan fingerprint density at radius 3 is 2.79 bits per heavy atom. The summed E-state index contributed by atoms with van der Waals surface area (Å²) in [5.74, 6) is 0.589. The fourth-order valence-corrected chi connectivity index (χ4v) is 2.50. The van der Waals surface area contributed by atoms with Gasteiger partial charge >= 0.3 is 6.18 Å². The monoisotopic (exact) mass is 290 g/mol. The average molecular weight is 290 g/mol. The first-order chi connectivity index (χ1) is 9.02. The molecule has 104 valence electrons. The Kier molecular flexibility index (Phi) is 4.26. The molecule has 2 aromatic rings. The highest BCUT2D eigenvalue weighted by Gasteiger charge is 2.35. The zero-order valence-corrected chi connectivity index (χ0v) is 11.0. The van der Waals surface area contributed by atoms with Crippen LogP contribution in [0.2, 0.25) is 0 Å². The predicted octanol–water partition coefficient (Wildman–Crippen LogP) is 3.84. The lowest BCUT2D eigenvalue weighted by atomic mass is 10.2. The van der Waals surface area contributed by atoms with Crippen molar-refractivity contribution in [3.8, 4) is 0 Å². The third-order valence-electron chi connectivity index (χ3n) is 2.48. The smallest absolute Gasteiger partial charge is 0.443 e. The highest BCUT2D eigenvalue weighted by molar-refractivity contribution is 7.11. The molecular weight excluding hydrogens is 277 g/mol. The molecule has 0 aliphatic carbocycles. The summed E-state index contributed by atoms with van der Waals surface area (Å²) in [6.45, 7) is 2.67. The van der Waals surface area contributed by atoms with Crippen LogP contribution < -0.4 is 5.32 Å². The highest BCUT2D eigenvalue weighted by atomic mass is 32.1. The molecule has 0 aliphatic heterocycles. The molecule has 0 aliphatic rings. The van der Waals surface area contributed by atoms with Crippen molar-refractivity contribution in [2.75, 3.05) is 6.54 Å². The molecule has 2 rings (SSSR count). The first-order valence-electron chi connectivity index (χ1n) is 5.82. The molecule has 1 N–H and O–H groups in total. The third kappa shape index (κ3) is 3.36. The van der Waals surface area contributed by atoms with Crippen LogP contribution in [-0.4, -0.2) is 11.5 Å². The van der Waals surface area contributed by atoms with Crippen molar-refractivity contribution < 1.29 is 17.6 Å². The van der Waals surface area contributed by atoms with Crippen LogP contribution in [0, 0.1) is 0 Å². The van der Waals surface area contributed by atoms with Crippen molar-refractivity contribution in [3.63, 3.8) is 0 Å². The lowest BCUT2D eigenvalue weighted by Gasteiger charge is -2.13. The summed E-state index contributed by atoms with van der Waals surface area (Å²) in [7, 11) is 0. The molecule has 0 spiro atoms. The minimum atomic E-state index is -4.40. The molecule has 7 heteroatoms. The number of alkyl halides is 3. The topological polar surface area (TPSA) is 38.1 Å². The largest absolute Gasteiger partial charge is 0.467 e. The van der Waals surface area contributed by atoms with Crippen molar-refractivity contribution in [2.45, 2.75) is 25.6 Å². The SMILES string of the molecule is CCCNC(c1ccco1)c1cnc(C(F)(F)F)s1. The van der Waals surface area contributed by atoms with E-state index in [0.29, 0.717) is 28.5 Å². The van der Waals surface area contributed by atoms with Gasteiger partial charge in [0.05, 0.1) is 6.26 Å². The quantitative estimate of drug-likeness (QED) is 0.909. The highest BCUT2D eigenvalue weighted by Crippen LogP contribution is 2.36. The number of hydrogen-bond donors (Lipinski definition) is 1. The molecule has 1 unspecified atom stereocenters. The van der Waals surface area contributed by atoms with Crippen LogP contribution in [0.25, 0.3) is 0 Å². The third-order valence-corrected chi connectivity index (χ3v) is 3.58. The lowest BCUT2D eigenvalue weighted by Crippen LogP contribution is -2.21. The maximum atomic E-state index is 12.6. The number of thiazole rings is 1. The number of furan rings is 1. The van der Waals surface area contributed by atoms with Gasteiger partial charge in [-0.2, -0.15) is 13.2 Å². The molecule has 0 amide bonds. The number of nitrogens with one attached hydrogen (secondary N) is 1. The van der Waals surface area contributed by atoms with Gasteiger partial charge in [-0.3, -0.25) is 0 Å². The van der Waals surface area contributed by atoms with Crippen molar-refractivity contribution in [3.05, 3.63) is 40.2 Å². The fourth-order valence-electron chi connectivity index (χ4n) is 1.64. The Morgan fingerprint density at radius 1 is 1.47 bits per heavy atom. The molecule has 0 radical (unpaired) electrons. The number of hydrogen-bond acceptors (Lipinski definition) is 4. The van der Waals surface area contributed by atoms with E-state index < -0.39 is 11.2 Å². The van der Waals surface area contributed by atoms with E-state index in [9.17, 15) is 13.2 Å². The Labute approximate surface area is 112 Å². The predicted molar refractivity (Wildman–Crippen MR) is 66.0 cm³/mol. The summed E-state index contributed by atoms with van der Waals surface area (Å²) in [5, 5.41) is 2.33. The molecule has 3 nitrogen and oxygen atoms in total. The van der Waals surface area contributed by atoms with Crippen LogP contribution in [0.4, 0.5) is 13.2 Å². The van der Waals surface area contributed by atoms with Gasteiger partial charge < -0.3 is 9.73 Å². The van der Waals surface area contributed by atoms with Crippen LogP contribution in [-0.2, 0) is 6.18 Å². The normalized spacial score (nSPS) is 13.7. The fraction of sp³-hybridized carbons (Fsp3) is 0.417. The minimum Gasteiger partial charge on any atom is -0.467 e. The van der Waals surface area contributed by atoms with Crippen molar-refractivity contribution >= 4 is 11.3 Å². The molecule has 0 bridgehead atoms. The van der Waals surface area contributed by atoms with Gasteiger partial charge in [-0.25, -0.2) is 4.98 Å². The van der Waals surface area contributed by atoms with E-state index in [2.05, 4.69) is 10.3 Å². The van der Waals surface area contributed by atoms with Gasteiger partial charge in [-0.05, 0) is 25.1 Å². The number of halogens is 3. The molecule has 0 saturated heterocycles. The molecule has 0 saturated carbocycles. The van der Waals surface area contributed by atoms with E-state index in [1.165, 1.54) is 12.5 Å². The second-order valence-corrected chi connectivity index (χ2v) is 5.03. The number of aromatic nitrogens is 1. The summed E-state index contributed by atoms with van der Waals surface area (Å²) in [6, 6.07) is 3.06. The summed E-state index contributed by atoms with van der Waals surface area (Å²) in [5.41, 5.74) is 0. The van der Waals surface area contributed by atoms with Crippen LogP contribution in [0.15, 0.2) is 29.0 Å². The first-order valence-corrected chi connectivity index (χ1v) is 6.63. The van der Waals surface area contributed by atoms with E-state index in [1.54, 1.807) is 12.1 Å². The van der Waals surface area contributed by atoms with Gasteiger partial charge in [0.2, 0.25) is 0 Å². The maximum absolute atomic E-state index is 12.6. The van der Waals surface area contributed by atoms with Crippen molar-refractivity contribution in [1.29, 1.82) is 0 Å². The van der Waals surface area contributed by atoms with E-state index in [1.807, 2.05) is 6.92 Å². The van der Waals surface area contributed by atoms with Crippen LogP contribution in [0.3, 0.4) is 0 Å². The van der Waals surface area contributed by atoms with Gasteiger partial charge in [0.15, 0.2) is 5.01 Å². The molecule has 2 heterocycles. The minimum absolute atomic E-state index is 0.386. The van der Waals surface area contributed by atoms with E-state index in [-0.39, 0.29) is 6.04 Å². The lowest BCUT2D eigenvalue weighted by molar-refractivity contribution is -0.137. The van der Waals surface area contributed by atoms with Crippen LogP contribution >= 0.6 is 11.3 Å². The van der Waals surface area contributed by atoms with E-state index in [4.69, 9.17) is 4.42 Å². The zero-order valence-electron chi connectivity index (χ0n) is 10.2. The second-order valence-electron chi connectivity index (χ2n) is 3.97. The molecule has 19 heavy (non-hydrogen) atoms. The Bertz CT molecular complexity index is 507. The maximum Gasteiger partial charge on any atom is 0.443 e. The van der Waals surface area contributed by atoms with E-state index >= 15 is 0 Å². The van der Waals surface area contributed by atoms with Crippen LogP contribution in [0.1, 0.15) is 35.0 Å². The Morgan fingerprint density at radius 2 is 2.26 bits per heavy atom. The molecule has 2 aromatic heterocycles. The van der Waals surface area contributed by atoms with Gasteiger partial charge in [-0.1, -0.05) is 6.92 Å². The summed E-state index contributed by atoms with van der Waals surface area (Å²) in [6.07, 6.45) is -0.769. The van der Waals surface area contributed by atoms with Gasteiger partial charge in [0.25, 0.3) is 0 Å². The van der Waals surface area contributed by atoms with Gasteiger partial charge in [0, 0.05) is 11.1 Å². The van der Waals surface area contributed by atoms with Gasteiger partial charge in [0.1, 0.15) is 11.8 Å². The van der Waals surface area contributed by atoms with Crippen molar-refractivity contribution in [1.82, 2.24) is 10.3 Å². The molecule has 0 fully saturated rings. The van der Waals surface area contributed by atoms with Crippen molar-refractivity contribution in [2.24, 2.45) is 0 Å². The summed E-state index contributed by atoms with van der Waals surface area (Å²) < 4.78 is 43.0. The van der Waals surface area contributed by atoms with E-state index in [0.717, 1.165) is 6.42 Å². The molecule has 0 aromatic carbocycles. The molecular formula is C12H13F3N2OS. The van der Waals surface area contributed by atoms with Gasteiger partial charge in [-0.15, -0.1) is 11.3 Å². The average Bonchev–Trinajstić information content (AvgIpc) is 2.99. The first kappa shape index (κ1) is 14.1.